The van der Waals surface area contributed by atoms with Crippen LogP contribution in [0.25, 0.3) is 0 Å². The molecule has 0 fully saturated rings. The highest BCUT2D eigenvalue weighted by atomic mass is 16.3. The van der Waals surface area contributed by atoms with E-state index in [-0.39, 0.29) is 18.3 Å². The SMILES string of the molecule is CC.CC(=O)CCCC(C)N.O=CO. The molecule has 14 heavy (non-hydrogen) atoms. The van der Waals surface area contributed by atoms with E-state index < -0.39 is 0 Å². The Hall–Kier alpha value is -0.900. The Morgan fingerprint density at radius 1 is 1.50 bits per heavy atom. The molecule has 0 radical (unpaired) electrons. The summed E-state index contributed by atoms with van der Waals surface area (Å²) in [5.41, 5.74) is 5.47. The Morgan fingerprint density at radius 3 is 2.07 bits per heavy atom. The molecule has 0 spiro atoms. The van der Waals surface area contributed by atoms with Crippen LogP contribution in [0.5, 0.6) is 0 Å². The fourth-order valence-electron chi connectivity index (χ4n) is 0.673. The first-order valence-corrected chi connectivity index (χ1v) is 4.87. The normalized spacial score (nSPS) is 9.79. The Kier molecular flexibility index (Phi) is 24.2. The number of rotatable bonds is 4. The molecule has 3 N–H and O–H groups in total. The third kappa shape index (κ3) is 43.5. The van der Waals surface area contributed by atoms with Gasteiger partial charge in [0.05, 0.1) is 0 Å². The number of Topliss-reactive ketones (excluding diaryl/α,β-unsaturated/α-hetero) is 1. The van der Waals surface area contributed by atoms with Crippen molar-refractivity contribution in [2.45, 2.75) is 53.0 Å². The minimum Gasteiger partial charge on any atom is -0.483 e. The molecule has 0 amide bonds. The van der Waals surface area contributed by atoms with Crippen LogP contribution in [0.15, 0.2) is 0 Å². The van der Waals surface area contributed by atoms with Crippen LogP contribution in [0.2, 0.25) is 0 Å². The van der Waals surface area contributed by atoms with Gasteiger partial charge in [0, 0.05) is 12.5 Å². The van der Waals surface area contributed by atoms with E-state index in [1.54, 1.807) is 6.92 Å². The highest BCUT2D eigenvalue weighted by Gasteiger charge is 1.95. The molecule has 0 aliphatic carbocycles. The summed E-state index contributed by atoms with van der Waals surface area (Å²) in [4.78, 5) is 18.7. The summed E-state index contributed by atoms with van der Waals surface area (Å²) in [6, 6.07) is 0.240. The molecule has 1 atom stereocenters. The van der Waals surface area contributed by atoms with Gasteiger partial charge < -0.3 is 15.6 Å². The van der Waals surface area contributed by atoms with Crippen molar-refractivity contribution >= 4 is 12.3 Å². The molecule has 4 nitrogen and oxygen atoms in total. The van der Waals surface area contributed by atoms with Crippen LogP contribution in [0.4, 0.5) is 0 Å². The maximum Gasteiger partial charge on any atom is 0.290 e. The fourth-order valence-corrected chi connectivity index (χ4v) is 0.673. The van der Waals surface area contributed by atoms with Gasteiger partial charge in [-0.2, -0.15) is 0 Å². The first kappa shape index (κ1) is 18.8. The zero-order chi connectivity index (χ0) is 12.0. The van der Waals surface area contributed by atoms with E-state index in [1.165, 1.54) is 0 Å². The zero-order valence-corrected chi connectivity index (χ0v) is 9.62. The van der Waals surface area contributed by atoms with Crippen molar-refractivity contribution in [3.05, 3.63) is 0 Å². The van der Waals surface area contributed by atoms with Gasteiger partial charge in [0.2, 0.25) is 0 Å². The van der Waals surface area contributed by atoms with Gasteiger partial charge >= 0.3 is 0 Å². The molecule has 4 heteroatoms. The monoisotopic (exact) mass is 205 g/mol. The van der Waals surface area contributed by atoms with Gasteiger partial charge in [0.15, 0.2) is 0 Å². The molecular weight excluding hydrogens is 182 g/mol. The molecule has 0 saturated heterocycles. The predicted octanol–water partition coefficient (Wildman–Crippen LogP) is 1.82. The quantitative estimate of drug-likeness (QED) is 0.686. The minimum atomic E-state index is -0.250. The molecule has 0 aromatic carbocycles. The molecule has 86 valence electrons. The number of hydrogen-bond acceptors (Lipinski definition) is 3. The first-order chi connectivity index (χ1) is 6.54. The van der Waals surface area contributed by atoms with Crippen LogP contribution in [0.3, 0.4) is 0 Å². The van der Waals surface area contributed by atoms with Gasteiger partial charge in [0.25, 0.3) is 6.47 Å². The molecule has 0 bridgehead atoms. The van der Waals surface area contributed by atoms with E-state index >= 15 is 0 Å². The van der Waals surface area contributed by atoms with E-state index in [0.29, 0.717) is 6.42 Å². The van der Waals surface area contributed by atoms with E-state index in [0.717, 1.165) is 12.8 Å². The van der Waals surface area contributed by atoms with Crippen molar-refractivity contribution in [3.63, 3.8) is 0 Å². The Labute approximate surface area is 86.5 Å². The molecule has 0 aromatic heterocycles. The van der Waals surface area contributed by atoms with Crippen molar-refractivity contribution in [3.8, 4) is 0 Å². The average Bonchev–Trinajstić information content (AvgIpc) is 2.08. The van der Waals surface area contributed by atoms with Crippen LogP contribution in [-0.2, 0) is 9.59 Å². The van der Waals surface area contributed by atoms with E-state index in [9.17, 15) is 4.79 Å². The summed E-state index contributed by atoms with van der Waals surface area (Å²) in [7, 11) is 0. The van der Waals surface area contributed by atoms with Gasteiger partial charge in [0.1, 0.15) is 5.78 Å². The lowest BCUT2D eigenvalue weighted by Crippen LogP contribution is -2.14. The van der Waals surface area contributed by atoms with Crippen molar-refractivity contribution in [1.82, 2.24) is 0 Å². The third-order valence-electron chi connectivity index (χ3n) is 1.19. The zero-order valence-electron chi connectivity index (χ0n) is 9.62. The molecule has 0 aliphatic rings. The molecule has 0 saturated carbocycles. The van der Waals surface area contributed by atoms with Gasteiger partial charge in [-0.3, -0.25) is 4.79 Å². The summed E-state index contributed by atoms with van der Waals surface area (Å²) in [6.07, 6.45) is 2.58. The average molecular weight is 205 g/mol. The van der Waals surface area contributed by atoms with Crippen LogP contribution >= 0.6 is 0 Å². The summed E-state index contributed by atoms with van der Waals surface area (Å²) in [5, 5.41) is 6.89. The van der Waals surface area contributed by atoms with E-state index in [4.69, 9.17) is 15.6 Å². The number of hydrogen-bond donors (Lipinski definition) is 2. The Balaban J connectivity index is -0.000000205. The second-order valence-electron chi connectivity index (χ2n) is 2.68. The lowest BCUT2D eigenvalue weighted by atomic mass is 10.1. The minimum absolute atomic E-state index is 0.240. The highest BCUT2D eigenvalue weighted by molar-refractivity contribution is 5.75. The number of carbonyl (C=O) groups excluding carboxylic acids is 1. The second-order valence-corrected chi connectivity index (χ2v) is 2.68. The van der Waals surface area contributed by atoms with Crippen molar-refractivity contribution in [2.24, 2.45) is 5.73 Å². The second kappa shape index (κ2) is 18.0. The molecule has 0 aliphatic heterocycles. The summed E-state index contributed by atoms with van der Waals surface area (Å²) in [5.74, 6) is 0.260. The van der Waals surface area contributed by atoms with Crippen molar-refractivity contribution in [2.75, 3.05) is 0 Å². The lowest BCUT2D eigenvalue weighted by molar-refractivity contribution is -0.123. The number of carbonyl (C=O) groups is 2. The summed E-state index contributed by atoms with van der Waals surface area (Å²) >= 11 is 0. The highest BCUT2D eigenvalue weighted by Crippen LogP contribution is 1.97. The van der Waals surface area contributed by atoms with Crippen LogP contribution < -0.4 is 5.73 Å². The van der Waals surface area contributed by atoms with Crippen molar-refractivity contribution < 1.29 is 14.7 Å². The fraction of sp³-hybridized carbons (Fsp3) is 0.800. The Bertz CT molecular complexity index is 125. The van der Waals surface area contributed by atoms with E-state index in [2.05, 4.69) is 0 Å². The summed E-state index contributed by atoms with van der Waals surface area (Å²) in [6.45, 7) is 7.32. The molecule has 0 aromatic rings. The van der Waals surface area contributed by atoms with Crippen LogP contribution in [-0.4, -0.2) is 23.4 Å². The first-order valence-electron chi connectivity index (χ1n) is 4.87. The van der Waals surface area contributed by atoms with Gasteiger partial charge in [-0.05, 0) is 26.7 Å². The lowest BCUT2D eigenvalue weighted by Gasteiger charge is -2.00. The topological polar surface area (TPSA) is 80.4 Å². The number of nitrogens with two attached hydrogens (primary N) is 1. The molecule has 0 rings (SSSR count). The van der Waals surface area contributed by atoms with Crippen LogP contribution in [0, 0.1) is 0 Å². The third-order valence-corrected chi connectivity index (χ3v) is 1.19. The predicted molar refractivity (Wildman–Crippen MR) is 58.2 cm³/mol. The smallest absolute Gasteiger partial charge is 0.290 e. The van der Waals surface area contributed by atoms with Crippen LogP contribution in [0.1, 0.15) is 47.0 Å². The van der Waals surface area contributed by atoms with Gasteiger partial charge in [-0.1, -0.05) is 13.8 Å². The summed E-state index contributed by atoms with van der Waals surface area (Å²) < 4.78 is 0. The molecular formula is C10H23NO3. The molecule has 0 heterocycles. The van der Waals surface area contributed by atoms with Gasteiger partial charge in [-0.25, -0.2) is 0 Å². The number of carboxylic acid groups (broad SMARTS) is 1. The number of ketones is 1. The maximum atomic E-state index is 10.4. The standard InChI is InChI=1S/C7H15NO.C2H6.CH2O2/c1-6(8)4-3-5-7(2)9;1-2;2-1-3/h6H,3-5,8H2,1-2H3;1-2H3;1H,(H,2,3). The van der Waals surface area contributed by atoms with Gasteiger partial charge in [-0.15, -0.1) is 0 Å². The maximum absolute atomic E-state index is 10.4. The molecule has 1 unspecified atom stereocenters. The van der Waals surface area contributed by atoms with Crippen molar-refractivity contribution in [1.29, 1.82) is 0 Å². The Morgan fingerprint density at radius 2 is 1.86 bits per heavy atom. The largest absolute Gasteiger partial charge is 0.483 e. The van der Waals surface area contributed by atoms with E-state index in [1.807, 2.05) is 20.8 Å².